The van der Waals surface area contributed by atoms with E-state index < -0.39 is 21.9 Å². The van der Waals surface area contributed by atoms with Crippen LogP contribution in [0.4, 0.5) is 10.1 Å². The van der Waals surface area contributed by atoms with Gasteiger partial charge in [0.15, 0.2) is 0 Å². The Hall–Kier alpha value is -2.85. The number of benzene rings is 2. The number of halogens is 2. The lowest BCUT2D eigenvalue weighted by atomic mass is 10.1. The van der Waals surface area contributed by atoms with Gasteiger partial charge in [-0.25, -0.2) is 12.8 Å². The summed E-state index contributed by atoms with van der Waals surface area (Å²) in [5, 5.41) is 3.15. The van der Waals surface area contributed by atoms with Gasteiger partial charge in [-0.15, -0.1) is 0 Å². The fourth-order valence-corrected chi connectivity index (χ4v) is 4.86. The highest BCUT2D eigenvalue weighted by Crippen LogP contribution is 2.30. The predicted octanol–water partition coefficient (Wildman–Crippen LogP) is 4.37. The van der Waals surface area contributed by atoms with Crippen LogP contribution in [0.15, 0.2) is 42.5 Å². The van der Waals surface area contributed by atoms with Gasteiger partial charge in [-0.05, 0) is 62.6 Å². The maximum Gasteiger partial charge on any atom is 0.242 e. The summed E-state index contributed by atoms with van der Waals surface area (Å²) in [4.78, 5) is 27.5. The Balaban J connectivity index is 2.19. The molecule has 0 aromatic heterocycles. The molecule has 37 heavy (non-hydrogen) atoms. The van der Waals surface area contributed by atoms with Gasteiger partial charge in [-0.1, -0.05) is 30.7 Å². The zero-order valence-electron chi connectivity index (χ0n) is 21.8. The first-order chi connectivity index (χ1) is 17.4. The van der Waals surface area contributed by atoms with Gasteiger partial charge >= 0.3 is 0 Å². The molecule has 2 rings (SSSR count). The van der Waals surface area contributed by atoms with E-state index in [1.165, 1.54) is 34.5 Å². The van der Waals surface area contributed by atoms with E-state index in [2.05, 4.69) is 5.32 Å². The lowest BCUT2D eigenvalue weighted by Crippen LogP contribution is -2.49. The summed E-state index contributed by atoms with van der Waals surface area (Å²) in [6.07, 6.45) is 2.02. The summed E-state index contributed by atoms with van der Waals surface area (Å²) in [6, 6.07) is 9.53. The Morgan fingerprint density at radius 3 is 2.32 bits per heavy atom. The van der Waals surface area contributed by atoms with E-state index in [4.69, 9.17) is 16.3 Å². The van der Waals surface area contributed by atoms with E-state index in [0.717, 1.165) is 12.7 Å². The van der Waals surface area contributed by atoms with Crippen molar-refractivity contribution >= 4 is 39.1 Å². The highest BCUT2D eigenvalue weighted by Gasteiger charge is 2.27. The van der Waals surface area contributed by atoms with Crippen molar-refractivity contribution < 1.29 is 27.1 Å². The zero-order valence-corrected chi connectivity index (χ0v) is 23.4. The third kappa shape index (κ3) is 8.89. The number of sulfonamides is 1. The topological polar surface area (TPSA) is 96.0 Å². The van der Waals surface area contributed by atoms with Crippen molar-refractivity contribution in [2.75, 3.05) is 24.2 Å². The first kappa shape index (κ1) is 30.4. The number of carbonyl (C=O) groups excluding carboxylic acids is 2. The minimum absolute atomic E-state index is 0.00193. The molecule has 0 aliphatic carbocycles. The Labute approximate surface area is 223 Å². The van der Waals surface area contributed by atoms with Crippen molar-refractivity contribution in [3.63, 3.8) is 0 Å². The second kappa shape index (κ2) is 13.6. The largest absolute Gasteiger partial charge is 0.495 e. The van der Waals surface area contributed by atoms with Gasteiger partial charge in [-0.2, -0.15) is 0 Å². The standard InChI is InChI=1S/C26H35ClFN3O5S/c1-6-18(2)29-26(33)19(3)30(17-20-9-11-21(28)12-10-20)25(32)8-7-15-31(37(5,34)35)22-13-14-24(36-4)23(27)16-22/h9-14,16,18-19H,6-8,15,17H2,1-5H3,(H,29,33)/t18-,19-/m1/s1. The number of rotatable bonds is 13. The maximum absolute atomic E-state index is 13.4. The van der Waals surface area contributed by atoms with Gasteiger partial charge in [0, 0.05) is 25.6 Å². The van der Waals surface area contributed by atoms with Crippen molar-refractivity contribution in [3.8, 4) is 5.75 Å². The van der Waals surface area contributed by atoms with Gasteiger partial charge in [-0.3, -0.25) is 13.9 Å². The summed E-state index contributed by atoms with van der Waals surface area (Å²) >= 11 is 6.18. The fourth-order valence-electron chi connectivity index (χ4n) is 3.65. The number of hydrogen-bond donors (Lipinski definition) is 1. The van der Waals surface area contributed by atoms with E-state index in [1.54, 1.807) is 31.2 Å². The fraction of sp³-hybridized carbons (Fsp3) is 0.462. The number of anilines is 1. The SMILES string of the molecule is CC[C@@H](C)NC(=O)[C@@H](C)N(Cc1ccc(F)cc1)C(=O)CCCN(c1ccc(OC)c(Cl)c1)S(C)(=O)=O. The van der Waals surface area contributed by atoms with E-state index in [1.807, 2.05) is 13.8 Å². The van der Waals surface area contributed by atoms with Crippen molar-refractivity contribution in [3.05, 3.63) is 58.9 Å². The molecule has 2 aromatic carbocycles. The average Bonchev–Trinajstić information content (AvgIpc) is 2.84. The van der Waals surface area contributed by atoms with E-state index in [-0.39, 0.29) is 48.8 Å². The second-order valence-electron chi connectivity index (χ2n) is 8.90. The Morgan fingerprint density at radius 1 is 1.14 bits per heavy atom. The van der Waals surface area contributed by atoms with Gasteiger partial charge < -0.3 is 15.0 Å². The number of methoxy groups -OCH3 is 1. The van der Waals surface area contributed by atoms with Crippen LogP contribution in [0.5, 0.6) is 5.75 Å². The molecule has 204 valence electrons. The summed E-state index contributed by atoms with van der Waals surface area (Å²) < 4.78 is 44.6. The summed E-state index contributed by atoms with van der Waals surface area (Å²) in [5.41, 5.74) is 1.02. The minimum atomic E-state index is -3.66. The molecule has 8 nitrogen and oxygen atoms in total. The number of carbonyl (C=O) groups is 2. The molecular formula is C26H35ClFN3O5S. The highest BCUT2D eigenvalue weighted by atomic mass is 35.5. The van der Waals surface area contributed by atoms with Crippen molar-refractivity contribution in [2.45, 2.75) is 58.7 Å². The molecule has 0 aliphatic heterocycles. The van der Waals surface area contributed by atoms with Crippen molar-refractivity contribution in [1.82, 2.24) is 10.2 Å². The van der Waals surface area contributed by atoms with Crippen LogP contribution >= 0.6 is 11.6 Å². The second-order valence-corrected chi connectivity index (χ2v) is 11.2. The number of nitrogens with one attached hydrogen (secondary N) is 1. The minimum Gasteiger partial charge on any atom is -0.495 e. The first-order valence-corrected chi connectivity index (χ1v) is 14.3. The van der Waals surface area contributed by atoms with Crippen molar-refractivity contribution in [1.29, 1.82) is 0 Å². The number of ether oxygens (including phenoxy) is 1. The Bertz CT molecular complexity index is 1180. The normalized spacial score (nSPS) is 12.9. The van der Waals surface area contributed by atoms with Crippen LogP contribution in [0.25, 0.3) is 0 Å². The lowest BCUT2D eigenvalue weighted by molar-refractivity contribution is -0.140. The predicted molar refractivity (Wildman–Crippen MR) is 144 cm³/mol. The molecule has 0 aliphatic rings. The molecule has 2 aromatic rings. The molecule has 1 N–H and O–H groups in total. The maximum atomic E-state index is 13.4. The number of hydrogen-bond acceptors (Lipinski definition) is 5. The summed E-state index contributed by atoms with van der Waals surface area (Å²) in [6.45, 7) is 5.60. The van der Waals surface area contributed by atoms with Crippen LogP contribution in [-0.2, 0) is 26.2 Å². The molecule has 11 heteroatoms. The molecule has 0 bridgehead atoms. The number of nitrogens with zero attached hydrogens (tertiary/aromatic N) is 2. The van der Waals surface area contributed by atoms with Gasteiger partial charge in [0.2, 0.25) is 21.8 Å². The van der Waals surface area contributed by atoms with Crippen LogP contribution < -0.4 is 14.4 Å². The third-order valence-electron chi connectivity index (χ3n) is 6.01. The third-order valence-corrected chi connectivity index (χ3v) is 7.50. The molecule has 0 unspecified atom stereocenters. The van der Waals surface area contributed by atoms with E-state index in [9.17, 15) is 22.4 Å². The average molecular weight is 556 g/mol. The smallest absolute Gasteiger partial charge is 0.242 e. The molecule has 2 atom stereocenters. The first-order valence-electron chi connectivity index (χ1n) is 12.0. The zero-order chi connectivity index (χ0) is 27.8. The molecule has 0 heterocycles. The molecular weight excluding hydrogens is 521 g/mol. The van der Waals surface area contributed by atoms with E-state index >= 15 is 0 Å². The van der Waals surface area contributed by atoms with Gasteiger partial charge in [0.25, 0.3) is 0 Å². The molecule has 0 saturated carbocycles. The molecule has 2 amide bonds. The summed E-state index contributed by atoms with van der Waals surface area (Å²) in [5.74, 6) is -0.605. The van der Waals surface area contributed by atoms with Crippen LogP contribution in [0, 0.1) is 5.82 Å². The number of amides is 2. The lowest BCUT2D eigenvalue weighted by Gasteiger charge is -2.30. The molecule has 0 saturated heterocycles. The molecule has 0 radical (unpaired) electrons. The van der Waals surface area contributed by atoms with Crippen LogP contribution in [-0.4, -0.2) is 57.1 Å². The molecule has 0 spiro atoms. The Kier molecular flexibility index (Phi) is 11.2. The van der Waals surface area contributed by atoms with Crippen LogP contribution in [0.2, 0.25) is 5.02 Å². The molecule has 0 fully saturated rings. The Morgan fingerprint density at radius 2 is 1.78 bits per heavy atom. The monoisotopic (exact) mass is 555 g/mol. The van der Waals surface area contributed by atoms with Crippen LogP contribution in [0.3, 0.4) is 0 Å². The summed E-state index contributed by atoms with van der Waals surface area (Å²) in [7, 11) is -2.20. The van der Waals surface area contributed by atoms with Crippen LogP contribution in [0.1, 0.15) is 45.6 Å². The quantitative estimate of drug-likeness (QED) is 0.396. The van der Waals surface area contributed by atoms with Crippen molar-refractivity contribution in [2.24, 2.45) is 0 Å². The van der Waals surface area contributed by atoms with Gasteiger partial charge in [0.05, 0.1) is 24.1 Å². The van der Waals surface area contributed by atoms with E-state index in [0.29, 0.717) is 17.0 Å². The highest BCUT2D eigenvalue weighted by molar-refractivity contribution is 7.92. The van der Waals surface area contributed by atoms with Gasteiger partial charge in [0.1, 0.15) is 17.6 Å².